The van der Waals surface area contributed by atoms with Gasteiger partial charge in [-0.25, -0.2) is 9.59 Å². The van der Waals surface area contributed by atoms with E-state index in [0.717, 1.165) is 0 Å². The summed E-state index contributed by atoms with van der Waals surface area (Å²) < 4.78 is 31.4. The molecule has 9 nitrogen and oxygen atoms in total. The second-order valence-electron chi connectivity index (χ2n) is 5.44. The van der Waals surface area contributed by atoms with Gasteiger partial charge in [0, 0.05) is 12.7 Å². The van der Waals surface area contributed by atoms with Gasteiger partial charge >= 0.3 is 11.9 Å². The molecule has 1 saturated heterocycles. The third kappa shape index (κ3) is 4.99. The highest BCUT2D eigenvalue weighted by Crippen LogP contribution is 2.32. The highest BCUT2D eigenvalue weighted by atomic mass is 16.8. The summed E-state index contributed by atoms with van der Waals surface area (Å²) >= 11 is 0. The van der Waals surface area contributed by atoms with Crippen molar-refractivity contribution in [2.24, 2.45) is 0 Å². The van der Waals surface area contributed by atoms with Crippen molar-refractivity contribution in [1.29, 1.82) is 0 Å². The van der Waals surface area contributed by atoms with Crippen LogP contribution in [0.15, 0.2) is 30.3 Å². The molecule has 9 heteroatoms. The summed E-state index contributed by atoms with van der Waals surface area (Å²) in [6.07, 6.45) is -5.65. The van der Waals surface area contributed by atoms with E-state index in [4.69, 9.17) is 28.4 Å². The summed E-state index contributed by atoms with van der Waals surface area (Å²) in [7, 11) is 2.62. The minimum atomic E-state index is -1.46. The molecule has 1 aliphatic rings. The first-order valence-electron chi connectivity index (χ1n) is 7.90. The Bertz CT molecular complexity index is 591. The number of esters is 1. The Balaban J connectivity index is 2.20. The summed E-state index contributed by atoms with van der Waals surface area (Å²) in [6.45, 7) is 1.31. The number of carboxylic acids is 1. The standard InChI is InChI=1S/C17H22O9/c1-10(21-2)23-9-24-12-13(15(18)19)25-17(11-7-5-4-6-8-11)26-14(12)16(20)22-3/h4-8,10,12-14,17H,9H2,1-3H3,(H,18,19)/t10?,12-,13-,14+,17?/m0/s1. The number of rotatable bonds is 8. The largest absolute Gasteiger partial charge is 0.479 e. The molecule has 1 fully saturated rings. The molecule has 26 heavy (non-hydrogen) atoms. The van der Waals surface area contributed by atoms with Crippen LogP contribution < -0.4 is 0 Å². The Morgan fingerprint density at radius 2 is 1.81 bits per heavy atom. The number of ether oxygens (including phenoxy) is 6. The maximum atomic E-state index is 12.1. The average molecular weight is 370 g/mol. The Morgan fingerprint density at radius 1 is 1.15 bits per heavy atom. The molecule has 0 radical (unpaired) electrons. The van der Waals surface area contributed by atoms with Gasteiger partial charge in [0.15, 0.2) is 31.6 Å². The van der Waals surface area contributed by atoms with E-state index >= 15 is 0 Å². The molecule has 1 aromatic carbocycles. The Hall–Kier alpha value is -2.04. The molecule has 1 heterocycles. The minimum Gasteiger partial charge on any atom is -0.479 e. The number of benzene rings is 1. The van der Waals surface area contributed by atoms with Gasteiger partial charge in [-0.3, -0.25) is 0 Å². The second-order valence-corrected chi connectivity index (χ2v) is 5.44. The molecular weight excluding hydrogens is 348 g/mol. The number of carbonyl (C=O) groups is 2. The lowest BCUT2D eigenvalue weighted by Gasteiger charge is -2.38. The quantitative estimate of drug-likeness (QED) is 0.531. The first-order chi connectivity index (χ1) is 12.5. The van der Waals surface area contributed by atoms with Crippen molar-refractivity contribution >= 4 is 11.9 Å². The fourth-order valence-electron chi connectivity index (χ4n) is 2.34. The second kappa shape index (κ2) is 9.60. The number of hydrogen-bond donors (Lipinski definition) is 1. The van der Waals surface area contributed by atoms with E-state index in [2.05, 4.69) is 0 Å². The van der Waals surface area contributed by atoms with Crippen LogP contribution in [-0.4, -0.2) is 62.7 Å². The van der Waals surface area contributed by atoms with Gasteiger partial charge in [0.05, 0.1) is 7.11 Å². The molecule has 0 spiro atoms. The zero-order chi connectivity index (χ0) is 19.1. The fraction of sp³-hybridized carbons (Fsp3) is 0.529. The number of carbonyl (C=O) groups excluding carboxylic acids is 1. The molecule has 0 aromatic heterocycles. The van der Waals surface area contributed by atoms with Crippen molar-refractivity contribution in [2.45, 2.75) is 37.8 Å². The predicted molar refractivity (Wildman–Crippen MR) is 85.9 cm³/mol. The van der Waals surface area contributed by atoms with Crippen LogP contribution in [0.3, 0.4) is 0 Å². The van der Waals surface area contributed by atoms with Crippen LogP contribution >= 0.6 is 0 Å². The number of aliphatic carboxylic acids is 1. The minimum absolute atomic E-state index is 0.320. The normalized spacial score (nSPS) is 26.9. The van der Waals surface area contributed by atoms with Gasteiger partial charge < -0.3 is 33.5 Å². The topological polar surface area (TPSA) is 110 Å². The van der Waals surface area contributed by atoms with Crippen LogP contribution in [0.1, 0.15) is 18.8 Å². The third-order valence-corrected chi connectivity index (χ3v) is 3.78. The molecule has 2 unspecified atom stereocenters. The van der Waals surface area contributed by atoms with Crippen molar-refractivity contribution in [2.75, 3.05) is 21.0 Å². The molecule has 144 valence electrons. The van der Waals surface area contributed by atoms with Gasteiger partial charge in [-0.15, -0.1) is 0 Å². The summed E-state index contributed by atoms with van der Waals surface area (Å²) in [5.41, 5.74) is 0.565. The van der Waals surface area contributed by atoms with Crippen molar-refractivity contribution in [3.05, 3.63) is 35.9 Å². The molecule has 0 saturated carbocycles. The van der Waals surface area contributed by atoms with Gasteiger partial charge in [-0.2, -0.15) is 0 Å². The highest BCUT2D eigenvalue weighted by Gasteiger charge is 2.48. The maximum Gasteiger partial charge on any atom is 0.337 e. The summed E-state index contributed by atoms with van der Waals surface area (Å²) in [5.74, 6) is -2.07. The SMILES string of the molecule is COC(=O)[C@@H]1OC(c2ccccc2)O[C@H](C(=O)O)[C@@H]1OCOC(C)OC. The van der Waals surface area contributed by atoms with E-state index in [1.807, 2.05) is 0 Å². The lowest BCUT2D eigenvalue weighted by molar-refractivity contribution is -0.307. The lowest BCUT2D eigenvalue weighted by atomic mass is 10.0. The van der Waals surface area contributed by atoms with E-state index in [1.165, 1.54) is 14.2 Å². The summed E-state index contributed by atoms with van der Waals surface area (Å²) in [5, 5.41) is 9.52. The zero-order valence-corrected chi connectivity index (χ0v) is 14.7. The average Bonchev–Trinajstić information content (AvgIpc) is 2.67. The molecular formula is C17H22O9. The van der Waals surface area contributed by atoms with E-state index in [1.54, 1.807) is 37.3 Å². The number of hydrogen-bond acceptors (Lipinski definition) is 8. The predicted octanol–water partition coefficient (Wildman–Crippen LogP) is 1.08. The summed E-state index contributed by atoms with van der Waals surface area (Å²) in [6, 6.07) is 8.67. The van der Waals surface area contributed by atoms with Gasteiger partial charge in [-0.05, 0) is 6.92 Å². The van der Waals surface area contributed by atoms with E-state index in [9.17, 15) is 14.7 Å². The van der Waals surface area contributed by atoms with E-state index < -0.39 is 42.8 Å². The van der Waals surface area contributed by atoms with Crippen molar-refractivity contribution in [3.63, 3.8) is 0 Å². The van der Waals surface area contributed by atoms with Crippen LogP contribution in [0.4, 0.5) is 0 Å². The van der Waals surface area contributed by atoms with Crippen LogP contribution in [0, 0.1) is 0 Å². The molecule has 0 aliphatic carbocycles. The maximum absolute atomic E-state index is 12.1. The monoisotopic (exact) mass is 370 g/mol. The van der Waals surface area contributed by atoms with Crippen molar-refractivity contribution in [1.82, 2.24) is 0 Å². The highest BCUT2D eigenvalue weighted by molar-refractivity contribution is 5.79. The first-order valence-corrected chi connectivity index (χ1v) is 7.90. The molecule has 2 rings (SSSR count). The fourth-order valence-corrected chi connectivity index (χ4v) is 2.34. The summed E-state index contributed by atoms with van der Waals surface area (Å²) in [4.78, 5) is 23.8. The lowest BCUT2D eigenvalue weighted by Crippen LogP contribution is -2.55. The van der Waals surface area contributed by atoms with Crippen LogP contribution in [0.5, 0.6) is 0 Å². The van der Waals surface area contributed by atoms with Gasteiger partial charge in [-0.1, -0.05) is 30.3 Å². The van der Waals surface area contributed by atoms with Gasteiger partial charge in [0.2, 0.25) is 0 Å². The molecule has 1 aromatic rings. The number of carboxylic acid groups (broad SMARTS) is 1. The van der Waals surface area contributed by atoms with Crippen LogP contribution in [-0.2, 0) is 38.0 Å². The first kappa shape index (κ1) is 20.3. The zero-order valence-electron chi connectivity index (χ0n) is 14.7. The molecule has 5 atom stereocenters. The number of methoxy groups -OCH3 is 2. The molecule has 0 bridgehead atoms. The van der Waals surface area contributed by atoms with E-state index in [0.29, 0.717) is 5.56 Å². The van der Waals surface area contributed by atoms with Crippen molar-refractivity contribution in [3.8, 4) is 0 Å². The van der Waals surface area contributed by atoms with Crippen molar-refractivity contribution < 1.29 is 43.1 Å². The Kier molecular flexibility index (Phi) is 7.49. The van der Waals surface area contributed by atoms with E-state index in [-0.39, 0.29) is 6.79 Å². The smallest absolute Gasteiger partial charge is 0.337 e. The van der Waals surface area contributed by atoms with Gasteiger partial charge in [0.1, 0.15) is 6.10 Å². The third-order valence-electron chi connectivity index (χ3n) is 3.78. The molecule has 1 N–H and O–H groups in total. The Labute approximate surface area is 150 Å². The van der Waals surface area contributed by atoms with Gasteiger partial charge in [0.25, 0.3) is 0 Å². The van der Waals surface area contributed by atoms with Crippen LogP contribution in [0.2, 0.25) is 0 Å². The molecule has 0 amide bonds. The van der Waals surface area contributed by atoms with Crippen LogP contribution in [0.25, 0.3) is 0 Å². The molecule has 1 aliphatic heterocycles. The Morgan fingerprint density at radius 3 is 2.38 bits per heavy atom.